The quantitative estimate of drug-likeness (QED) is 0.882. The molecule has 19 heavy (non-hydrogen) atoms. The zero-order valence-electron chi connectivity index (χ0n) is 11.3. The molecule has 1 amide bonds. The molecule has 0 bridgehead atoms. The molecule has 1 aliphatic heterocycles. The van der Waals surface area contributed by atoms with Crippen LogP contribution in [0.2, 0.25) is 0 Å². The van der Waals surface area contributed by atoms with Gasteiger partial charge in [-0.05, 0) is 54.2 Å². The molecule has 100 valence electrons. The predicted octanol–water partition coefficient (Wildman–Crippen LogP) is 2.25. The highest BCUT2D eigenvalue weighted by molar-refractivity contribution is 6.00. The first-order chi connectivity index (χ1) is 9.13. The Morgan fingerprint density at radius 1 is 1.26 bits per heavy atom. The fraction of sp³-hybridized carbons (Fsp3) is 0.562. The van der Waals surface area contributed by atoms with Gasteiger partial charge in [0.2, 0.25) is 5.91 Å². The molecule has 0 aromatic heterocycles. The third-order valence-electron chi connectivity index (χ3n) is 5.35. The number of hydrogen-bond acceptors (Lipinski definition) is 2. The van der Waals surface area contributed by atoms with E-state index in [1.165, 1.54) is 24.8 Å². The molecule has 1 aromatic rings. The summed E-state index contributed by atoms with van der Waals surface area (Å²) in [6.45, 7) is 0. The lowest BCUT2D eigenvalue weighted by atomic mass is 9.89. The number of carbonyl (C=O) groups is 1. The van der Waals surface area contributed by atoms with Crippen LogP contribution >= 0.6 is 0 Å². The van der Waals surface area contributed by atoms with E-state index in [0.717, 1.165) is 23.1 Å². The van der Waals surface area contributed by atoms with E-state index < -0.39 is 0 Å². The number of rotatable bonds is 2. The zero-order chi connectivity index (χ0) is 13.1. The second-order valence-corrected chi connectivity index (χ2v) is 6.53. The van der Waals surface area contributed by atoms with Gasteiger partial charge in [0.25, 0.3) is 0 Å². The van der Waals surface area contributed by atoms with Gasteiger partial charge < -0.3 is 10.6 Å². The van der Waals surface area contributed by atoms with Crippen molar-refractivity contribution in [3.63, 3.8) is 0 Å². The molecule has 3 heteroatoms. The summed E-state index contributed by atoms with van der Waals surface area (Å²) in [6.07, 6.45) is 4.58. The van der Waals surface area contributed by atoms with Crippen molar-refractivity contribution >= 4 is 11.6 Å². The Balaban J connectivity index is 1.59. The van der Waals surface area contributed by atoms with Crippen LogP contribution in [0.1, 0.15) is 36.4 Å². The number of carbonyl (C=O) groups excluding carboxylic acids is 1. The van der Waals surface area contributed by atoms with Crippen LogP contribution in [0, 0.1) is 17.8 Å². The van der Waals surface area contributed by atoms with Crippen LogP contribution in [-0.2, 0) is 11.2 Å². The third kappa shape index (κ3) is 1.71. The lowest BCUT2D eigenvalue weighted by molar-refractivity contribution is -0.117. The normalized spacial score (nSPS) is 33.3. The topological polar surface area (TPSA) is 46.3 Å². The van der Waals surface area contributed by atoms with Gasteiger partial charge >= 0.3 is 0 Å². The van der Waals surface area contributed by atoms with E-state index in [9.17, 15) is 4.79 Å². The number of hydrogen-bond donors (Lipinski definition) is 1. The Bertz CT molecular complexity index is 544. The van der Waals surface area contributed by atoms with Crippen molar-refractivity contribution in [1.82, 2.24) is 0 Å². The van der Waals surface area contributed by atoms with E-state index in [1.54, 1.807) is 4.90 Å². The summed E-state index contributed by atoms with van der Waals surface area (Å²) in [5.41, 5.74) is 9.86. The summed E-state index contributed by atoms with van der Waals surface area (Å²) in [5, 5.41) is 0. The zero-order valence-corrected chi connectivity index (χ0v) is 11.3. The largest absolute Gasteiger partial charge is 0.324 e. The van der Waals surface area contributed by atoms with Crippen LogP contribution in [0.5, 0.6) is 0 Å². The van der Waals surface area contributed by atoms with Crippen molar-refractivity contribution in [2.75, 3.05) is 11.9 Å². The number of anilines is 1. The highest BCUT2D eigenvalue weighted by Gasteiger charge is 2.47. The first kappa shape index (κ1) is 11.5. The van der Waals surface area contributed by atoms with E-state index in [2.05, 4.69) is 18.2 Å². The predicted molar refractivity (Wildman–Crippen MR) is 74.8 cm³/mol. The smallest absolute Gasteiger partial charge is 0.231 e. The van der Waals surface area contributed by atoms with Gasteiger partial charge in [0.15, 0.2) is 0 Å². The number of nitrogens with two attached hydrogens (primary N) is 1. The highest BCUT2D eigenvalue weighted by Crippen LogP contribution is 2.56. The number of likely N-dealkylation sites (N-methyl/N-ethyl adjacent to an activating group) is 1. The van der Waals surface area contributed by atoms with Crippen molar-refractivity contribution in [1.29, 1.82) is 0 Å². The monoisotopic (exact) mass is 256 g/mol. The maximum atomic E-state index is 11.7. The van der Waals surface area contributed by atoms with Gasteiger partial charge in [-0.2, -0.15) is 0 Å². The molecule has 3 nitrogen and oxygen atoms in total. The SMILES string of the molecule is CN1C(=O)Cc2cc(C(N)C3CC4CC4C3)ccc21. The van der Waals surface area contributed by atoms with Gasteiger partial charge in [-0.15, -0.1) is 0 Å². The molecule has 0 radical (unpaired) electrons. The Labute approximate surface area is 113 Å². The fourth-order valence-corrected chi connectivity index (χ4v) is 4.02. The molecule has 0 saturated heterocycles. The van der Waals surface area contributed by atoms with Crippen molar-refractivity contribution in [3.05, 3.63) is 29.3 Å². The molecule has 2 N–H and O–H groups in total. The van der Waals surface area contributed by atoms with Crippen molar-refractivity contribution < 1.29 is 4.79 Å². The molecule has 3 atom stereocenters. The van der Waals surface area contributed by atoms with Gasteiger partial charge in [0, 0.05) is 18.8 Å². The van der Waals surface area contributed by atoms with Crippen LogP contribution in [0.4, 0.5) is 5.69 Å². The molecule has 1 heterocycles. The van der Waals surface area contributed by atoms with Crippen LogP contribution in [-0.4, -0.2) is 13.0 Å². The summed E-state index contributed by atoms with van der Waals surface area (Å²) in [4.78, 5) is 13.5. The molecule has 1 aromatic carbocycles. The second-order valence-electron chi connectivity index (χ2n) is 6.53. The van der Waals surface area contributed by atoms with Gasteiger partial charge in [0.05, 0.1) is 6.42 Å². The molecule has 0 spiro atoms. The van der Waals surface area contributed by atoms with Crippen molar-refractivity contribution in [3.8, 4) is 0 Å². The Morgan fingerprint density at radius 2 is 2.00 bits per heavy atom. The van der Waals surface area contributed by atoms with Crippen LogP contribution < -0.4 is 10.6 Å². The first-order valence-corrected chi connectivity index (χ1v) is 7.28. The summed E-state index contributed by atoms with van der Waals surface area (Å²) < 4.78 is 0. The van der Waals surface area contributed by atoms with E-state index in [1.807, 2.05) is 7.05 Å². The number of nitrogens with zero attached hydrogens (tertiary/aromatic N) is 1. The van der Waals surface area contributed by atoms with Gasteiger partial charge in [0.1, 0.15) is 0 Å². The Kier molecular flexibility index (Phi) is 2.31. The van der Waals surface area contributed by atoms with E-state index >= 15 is 0 Å². The molecule has 2 saturated carbocycles. The van der Waals surface area contributed by atoms with Gasteiger partial charge in [-0.25, -0.2) is 0 Å². The lowest BCUT2D eigenvalue weighted by Gasteiger charge is -2.22. The molecule has 3 aliphatic rings. The summed E-state index contributed by atoms with van der Waals surface area (Å²) >= 11 is 0. The Hall–Kier alpha value is -1.35. The summed E-state index contributed by atoms with van der Waals surface area (Å²) in [7, 11) is 1.85. The molecule has 2 aliphatic carbocycles. The first-order valence-electron chi connectivity index (χ1n) is 7.28. The average Bonchev–Trinajstić information content (AvgIpc) is 2.91. The Morgan fingerprint density at radius 3 is 2.74 bits per heavy atom. The summed E-state index contributed by atoms with van der Waals surface area (Å²) in [6, 6.07) is 6.48. The minimum Gasteiger partial charge on any atom is -0.324 e. The summed E-state index contributed by atoms with van der Waals surface area (Å²) in [5.74, 6) is 2.77. The molecular formula is C16H20N2O. The molecule has 4 rings (SSSR count). The van der Waals surface area contributed by atoms with Crippen molar-refractivity contribution in [2.45, 2.75) is 31.7 Å². The number of benzene rings is 1. The van der Waals surface area contributed by atoms with E-state index in [-0.39, 0.29) is 11.9 Å². The standard InChI is InChI=1S/C16H20N2O/c1-18-14-3-2-9(4-12(14)8-15(18)19)16(17)13-6-10-5-11(10)7-13/h2-4,10-11,13,16H,5-8,17H2,1H3. The number of amides is 1. The lowest BCUT2D eigenvalue weighted by Crippen LogP contribution is -2.21. The average molecular weight is 256 g/mol. The molecule has 3 unspecified atom stereocenters. The van der Waals surface area contributed by atoms with Crippen molar-refractivity contribution in [2.24, 2.45) is 23.5 Å². The molecular weight excluding hydrogens is 236 g/mol. The maximum absolute atomic E-state index is 11.7. The van der Waals surface area contributed by atoms with Crippen LogP contribution in [0.3, 0.4) is 0 Å². The van der Waals surface area contributed by atoms with Crippen LogP contribution in [0.15, 0.2) is 18.2 Å². The number of fused-ring (bicyclic) bond motifs is 2. The van der Waals surface area contributed by atoms with E-state index in [0.29, 0.717) is 12.3 Å². The fourth-order valence-electron chi connectivity index (χ4n) is 4.02. The third-order valence-corrected chi connectivity index (χ3v) is 5.35. The van der Waals surface area contributed by atoms with Gasteiger partial charge in [-0.1, -0.05) is 12.1 Å². The minimum absolute atomic E-state index is 0.152. The highest BCUT2D eigenvalue weighted by atomic mass is 16.2. The molecule has 2 fully saturated rings. The van der Waals surface area contributed by atoms with E-state index in [4.69, 9.17) is 5.73 Å². The second kappa shape index (κ2) is 3.83. The maximum Gasteiger partial charge on any atom is 0.231 e. The van der Waals surface area contributed by atoms with Gasteiger partial charge in [-0.3, -0.25) is 4.79 Å². The minimum atomic E-state index is 0.152. The van der Waals surface area contributed by atoms with Crippen LogP contribution in [0.25, 0.3) is 0 Å².